The number of carbonyl (C=O) groups excluding carboxylic acids is 2. The minimum absolute atomic E-state index is 0. The summed E-state index contributed by atoms with van der Waals surface area (Å²) >= 11 is 0. The Morgan fingerprint density at radius 2 is 1.23 bits per heavy atom. The zero-order valence-electron chi connectivity index (χ0n) is 15.4. The van der Waals surface area contributed by atoms with E-state index in [0.717, 1.165) is 27.8 Å². The Morgan fingerprint density at radius 3 is 1.81 bits per heavy atom. The molecule has 0 saturated heterocycles. The summed E-state index contributed by atoms with van der Waals surface area (Å²) in [6.07, 6.45) is 0. The molecule has 0 bridgehead atoms. The third kappa shape index (κ3) is 3.48. The van der Waals surface area contributed by atoms with Crippen molar-refractivity contribution < 1.29 is 9.59 Å². The summed E-state index contributed by atoms with van der Waals surface area (Å²) in [5, 5.41) is 0. The maximum Gasteiger partial charge on any atom is 0.234 e. The first-order valence-corrected chi connectivity index (χ1v) is 8.31. The Hall–Kier alpha value is -3.04. The molecule has 0 aliphatic heterocycles. The number of hydrogen-bond donors (Lipinski definition) is 1. The average molecular weight is 345 g/mol. The molecule has 3 heteroatoms. The van der Waals surface area contributed by atoms with Crippen LogP contribution in [0, 0.1) is 20.8 Å². The Kier molecular flexibility index (Phi) is 5.86. The van der Waals surface area contributed by atoms with E-state index in [2.05, 4.69) is 0 Å². The summed E-state index contributed by atoms with van der Waals surface area (Å²) in [7, 11) is 0. The molecule has 0 aromatic heterocycles. The predicted molar refractivity (Wildman–Crippen MR) is 106 cm³/mol. The van der Waals surface area contributed by atoms with Gasteiger partial charge < -0.3 is 6.15 Å². The average Bonchev–Trinajstić information content (AvgIpc) is 2.66. The van der Waals surface area contributed by atoms with Crippen LogP contribution in [0.15, 0.2) is 66.7 Å². The molecule has 3 rings (SSSR count). The molecule has 0 unspecified atom stereocenters. The Balaban J connectivity index is 0.00000243. The van der Waals surface area contributed by atoms with Crippen molar-refractivity contribution in [3.8, 4) is 11.1 Å². The van der Waals surface area contributed by atoms with Crippen LogP contribution >= 0.6 is 0 Å². The lowest BCUT2D eigenvalue weighted by atomic mass is 9.86. The second-order valence-electron chi connectivity index (χ2n) is 6.26. The summed E-state index contributed by atoms with van der Waals surface area (Å²) in [6.45, 7) is 6.03. The molecule has 3 aromatic carbocycles. The SMILES string of the molecule is Cc1cc(C(=O)C(=O)c2ccccc2)c(-c2ccccc2)c(C)c1C.N. The summed E-state index contributed by atoms with van der Waals surface area (Å²) < 4.78 is 0. The van der Waals surface area contributed by atoms with Gasteiger partial charge >= 0.3 is 0 Å². The van der Waals surface area contributed by atoms with Crippen molar-refractivity contribution in [2.75, 3.05) is 0 Å². The van der Waals surface area contributed by atoms with Crippen LogP contribution in [0.4, 0.5) is 0 Å². The molecule has 0 fully saturated rings. The smallest absolute Gasteiger partial charge is 0.234 e. The van der Waals surface area contributed by atoms with Crippen LogP contribution < -0.4 is 6.15 Å². The molecule has 0 radical (unpaired) electrons. The van der Waals surface area contributed by atoms with Gasteiger partial charge in [-0.1, -0.05) is 60.7 Å². The third-order valence-electron chi connectivity index (χ3n) is 4.71. The number of carbonyl (C=O) groups is 2. The van der Waals surface area contributed by atoms with E-state index in [1.807, 2.05) is 63.2 Å². The lowest BCUT2D eigenvalue weighted by molar-refractivity contribution is 0.0817. The standard InChI is InChI=1S/C23H20O2.H3N/c1-15-14-20(23(25)22(24)19-12-8-5-9-13-19)21(17(3)16(15)2)18-10-6-4-7-11-18;/h4-14H,1-3H3;1H3. The van der Waals surface area contributed by atoms with Gasteiger partial charge in [0.05, 0.1) is 0 Å². The molecule has 3 N–H and O–H groups in total. The predicted octanol–water partition coefficient (Wildman–Crippen LogP) is 5.51. The van der Waals surface area contributed by atoms with Crippen molar-refractivity contribution in [3.63, 3.8) is 0 Å². The highest BCUT2D eigenvalue weighted by atomic mass is 16.2. The lowest BCUT2D eigenvalue weighted by Crippen LogP contribution is -2.16. The van der Waals surface area contributed by atoms with Gasteiger partial charge in [-0.15, -0.1) is 0 Å². The monoisotopic (exact) mass is 345 g/mol. The molecule has 0 spiro atoms. The van der Waals surface area contributed by atoms with Crippen molar-refractivity contribution >= 4 is 11.6 Å². The van der Waals surface area contributed by atoms with Crippen LogP contribution in [0.25, 0.3) is 11.1 Å². The Labute approximate surface area is 154 Å². The highest BCUT2D eigenvalue weighted by Gasteiger charge is 2.24. The molecular weight excluding hydrogens is 322 g/mol. The fourth-order valence-corrected chi connectivity index (χ4v) is 3.08. The number of aryl methyl sites for hydroxylation is 1. The van der Waals surface area contributed by atoms with Gasteiger partial charge in [0.25, 0.3) is 0 Å². The Bertz CT molecular complexity index is 945. The maximum atomic E-state index is 13.0. The topological polar surface area (TPSA) is 69.1 Å². The molecule has 0 saturated carbocycles. The number of hydrogen-bond acceptors (Lipinski definition) is 3. The first-order valence-electron chi connectivity index (χ1n) is 8.31. The van der Waals surface area contributed by atoms with Gasteiger partial charge in [-0.3, -0.25) is 9.59 Å². The Morgan fingerprint density at radius 1 is 0.692 bits per heavy atom. The van der Waals surface area contributed by atoms with Crippen LogP contribution in [-0.4, -0.2) is 11.6 Å². The fourth-order valence-electron chi connectivity index (χ4n) is 3.08. The summed E-state index contributed by atoms with van der Waals surface area (Å²) in [6, 6.07) is 20.3. The number of rotatable bonds is 4. The van der Waals surface area contributed by atoms with Gasteiger partial charge in [0.1, 0.15) is 0 Å². The van der Waals surface area contributed by atoms with Crippen molar-refractivity contribution in [2.24, 2.45) is 0 Å². The molecule has 26 heavy (non-hydrogen) atoms. The van der Waals surface area contributed by atoms with E-state index in [9.17, 15) is 9.59 Å². The van der Waals surface area contributed by atoms with Crippen molar-refractivity contribution in [1.82, 2.24) is 6.15 Å². The van der Waals surface area contributed by atoms with Gasteiger partial charge in [-0.2, -0.15) is 0 Å². The van der Waals surface area contributed by atoms with Gasteiger partial charge in [0.15, 0.2) is 0 Å². The zero-order chi connectivity index (χ0) is 18.0. The van der Waals surface area contributed by atoms with Crippen molar-refractivity contribution in [3.05, 3.63) is 94.5 Å². The normalized spacial score (nSPS) is 10.1. The van der Waals surface area contributed by atoms with E-state index in [4.69, 9.17) is 0 Å². The second-order valence-corrected chi connectivity index (χ2v) is 6.26. The van der Waals surface area contributed by atoms with Crippen LogP contribution in [0.3, 0.4) is 0 Å². The van der Waals surface area contributed by atoms with Crippen LogP contribution in [0.1, 0.15) is 37.4 Å². The minimum Gasteiger partial charge on any atom is -0.344 e. The summed E-state index contributed by atoms with van der Waals surface area (Å²) in [5.41, 5.74) is 5.88. The molecule has 3 nitrogen and oxygen atoms in total. The molecule has 0 amide bonds. The molecule has 132 valence electrons. The number of ketones is 2. The van der Waals surface area contributed by atoms with Crippen LogP contribution in [0.5, 0.6) is 0 Å². The molecule has 0 aliphatic carbocycles. The molecule has 0 heterocycles. The van der Waals surface area contributed by atoms with E-state index in [1.54, 1.807) is 24.3 Å². The summed E-state index contributed by atoms with van der Waals surface area (Å²) in [4.78, 5) is 25.7. The van der Waals surface area contributed by atoms with Crippen molar-refractivity contribution in [1.29, 1.82) is 0 Å². The number of benzene rings is 3. The van der Waals surface area contributed by atoms with Gasteiger partial charge in [-0.05, 0) is 54.7 Å². The van der Waals surface area contributed by atoms with E-state index >= 15 is 0 Å². The van der Waals surface area contributed by atoms with Crippen molar-refractivity contribution in [2.45, 2.75) is 20.8 Å². The largest absolute Gasteiger partial charge is 0.344 e. The zero-order valence-corrected chi connectivity index (χ0v) is 15.4. The van der Waals surface area contributed by atoms with E-state index in [1.165, 1.54) is 0 Å². The maximum absolute atomic E-state index is 13.0. The quantitative estimate of drug-likeness (QED) is 0.501. The molecule has 0 aliphatic rings. The van der Waals surface area contributed by atoms with Gasteiger partial charge in [0, 0.05) is 11.1 Å². The van der Waals surface area contributed by atoms with Gasteiger partial charge in [0.2, 0.25) is 11.6 Å². The molecular formula is C23H23NO2. The van der Waals surface area contributed by atoms with E-state index < -0.39 is 11.6 Å². The number of Topliss-reactive ketones (excluding diaryl/α,β-unsaturated/α-hetero) is 2. The molecule has 0 atom stereocenters. The van der Waals surface area contributed by atoms with Crippen LogP contribution in [0.2, 0.25) is 0 Å². The fraction of sp³-hybridized carbons (Fsp3) is 0.130. The van der Waals surface area contributed by atoms with E-state index in [0.29, 0.717) is 11.1 Å². The highest BCUT2D eigenvalue weighted by Crippen LogP contribution is 2.32. The van der Waals surface area contributed by atoms with E-state index in [-0.39, 0.29) is 6.15 Å². The highest BCUT2D eigenvalue weighted by molar-refractivity contribution is 6.50. The van der Waals surface area contributed by atoms with Gasteiger partial charge in [-0.25, -0.2) is 0 Å². The van der Waals surface area contributed by atoms with Crippen LogP contribution in [-0.2, 0) is 0 Å². The lowest BCUT2D eigenvalue weighted by Gasteiger charge is -2.16. The summed E-state index contributed by atoms with van der Waals surface area (Å²) in [5.74, 6) is -0.934. The third-order valence-corrected chi connectivity index (χ3v) is 4.71. The molecule has 3 aromatic rings. The first kappa shape index (κ1) is 19.3. The second kappa shape index (κ2) is 7.89. The minimum atomic E-state index is -0.472. The first-order chi connectivity index (χ1) is 12.0.